The van der Waals surface area contributed by atoms with E-state index in [0.29, 0.717) is 22.5 Å². The maximum absolute atomic E-state index is 13.6. The number of benzene rings is 2. The first-order valence-electron chi connectivity index (χ1n) is 12.2. The molecule has 1 heterocycles. The number of carbonyl (C=O) groups is 4. The van der Waals surface area contributed by atoms with E-state index in [2.05, 4.69) is 10.6 Å². The lowest BCUT2D eigenvalue weighted by Crippen LogP contribution is -2.52. The van der Waals surface area contributed by atoms with Crippen LogP contribution >= 0.6 is 11.6 Å². The van der Waals surface area contributed by atoms with E-state index in [1.165, 1.54) is 24.1 Å². The Morgan fingerprint density at radius 3 is 2.54 bits per heavy atom. The van der Waals surface area contributed by atoms with Crippen molar-refractivity contribution in [3.8, 4) is 0 Å². The molecule has 2 aromatic carbocycles. The number of aryl methyl sites for hydroxylation is 1. The van der Waals surface area contributed by atoms with Crippen molar-refractivity contribution < 1.29 is 38.1 Å². The summed E-state index contributed by atoms with van der Waals surface area (Å²) in [6, 6.07) is 8.44. The Morgan fingerprint density at radius 1 is 1.18 bits per heavy atom. The van der Waals surface area contributed by atoms with Crippen LogP contribution in [0.4, 0.5) is 20.6 Å². The van der Waals surface area contributed by atoms with Crippen molar-refractivity contribution in [3.05, 3.63) is 58.4 Å². The number of hydrogen-bond acceptors (Lipinski definition) is 7. The summed E-state index contributed by atoms with van der Waals surface area (Å²) in [5, 5.41) is 16.2. The summed E-state index contributed by atoms with van der Waals surface area (Å²) in [6.07, 6.45) is -0.698. The van der Waals surface area contributed by atoms with Crippen molar-refractivity contribution in [1.82, 2.24) is 5.32 Å². The Kier molecular flexibility index (Phi) is 9.18. The van der Waals surface area contributed by atoms with Gasteiger partial charge in [-0.3, -0.25) is 19.7 Å². The number of halogens is 2. The molecule has 0 aliphatic carbocycles. The van der Waals surface area contributed by atoms with Gasteiger partial charge in [0.15, 0.2) is 0 Å². The van der Waals surface area contributed by atoms with Gasteiger partial charge in [-0.1, -0.05) is 11.6 Å². The van der Waals surface area contributed by atoms with E-state index < -0.39 is 40.9 Å². The van der Waals surface area contributed by atoms with Crippen LogP contribution in [0.5, 0.6) is 0 Å². The predicted octanol–water partition coefficient (Wildman–Crippen LogP) is 3.72. The van der Waals surface area contributed by atoms with Crippen LogP contribution in [-0.4, -0.2) is 53.8 Å². The van der Waals surface area contributed by atoms with Gasteiger partial charge in [-0.25, -0.2) is 9.18 Å². The number of ether oxygens (including phenoxy) is 2. The summed E-state index contributed by atoms with van der Waals surface area (Å²) in [5.41, 5.74) is -1.47. The van der Waals surface area contributed by atoms with Crippen LogP contribution < -0.4 is 15.5 Å². The third-order valence-electron chi connectivity index (χ3n) is 5.91. The van der Waals surface area contributed by atoms with Crippen LogP contribution in [0.3, 0.4) is 0 Å². The molecule has 1 atom stereocenters. The van der Waals surface area contributed by atoms with E-state index in [9.17, 15) is 28.7 Å². The molecule has 1 unspecified atom stereocenters. The van der Waals surface area contributed by atoms with Gasteiger partial charge in [0.2, 0.25) is 5.60 Å². The Bertz CT molecular complexity index is 1260. The van der Waals surface area contributed by atoms with Crippen LogP contribution in [0.15, 0.2) is 36.4 Å². The second-order valence-corrected chi connectivity index (χ2v) is 10.5. The Labute approximate surface area is 230 Å². The monoisotopic (exact) mass is 563 g/mol. The summed E-state index contributed by atoms with van der Waals surface area (Å²) in [4.78, 5) is 51.4. The highest BCUT2D eigenvalue weighted by Crippen LogP contribution is 2.32. The zero-order valence-corrected chi connectivity index (χ0v) is 22.9. The van der Waals surface area contributed by atoms with Crippen LogP contribution in [-0.2, 0) is 36.8 Å². The van der Waals surface area contributed by atoms with Crippen molar-refractivity contribution in [1.29, 1.82) is 0 Å². The average Bonchev–Trinajstić information content (AvgIpc) is 3.15. The van der Waals surface area contributed by atoms with Gasteiger partial charge in [0, 0.05) is 42.3 Å². The van der Waals surface area contributed by atoms with Crippen LogP contribution in [0.2, 0.25) is 5.02 Å². The second kappa shape index (κ2) is 12.0. The lowest BCUT2D eigenvalue weighted by Gasteiger charge is -2.23. The topological polar surface area (TPSA) is 134 Å². The van der Waals surface area contributed by atoms with Crippen molar-refractivity contribution in [2.24, 2.45) is 0 Å². The minimum absolute atomic E-state index is 0.00728. The molecule has 10 nitrogen and oxygen atoms in total. The zero-order valence-electron chi connectivity index (χ0n) is 22.1. The molecule has 0 bridgehead atoms. The summed E-state index contributed by atoms with van der Waals surface area (Å²) in [6.45, 7) is 5.05. The maximum atomic E-state index is 13.6. The fourth-order valence-electron chi connectivity index (χ4n) is 4.03. The second-order valence-electron chi connectivity index (χ2n) is 10.1. The first-order valence-corrected chi connectivity index (χ1v) is 12.6. The van der Waals surface area contributed by atoms with E-state index in [-0.39, 0.29) is 37.4 Å². The normalized spacial score (nSPS) is 17.1. The first kappa shape index (κ1) is 29.9. The van der Waals surface area contributed by atoms with Gasteiger partial charge in [0.25, 0.3) is 11.8 Å². The largest absolute Gasteiger partial charge is 0.469 e. The number of nitrogens with zero attached hydrogens (tertiary/aromatic N) is 1. The molecule has 210 valence electrons. The highest BCUT2D eigenvalue weighted by atomic mass is 35.5. The molecule has 3 N–H and O–H groups in total. The fraction of sp³-hybridized carbons (Fsp3) is 0.407. The SMILES string of the molecule is COC(=O)CCc1cc(N2CCC(O)(C(=O)NCc3cc(F)cc(Cl)c3)C2=O)ccc1NC(=O)OC(C)(C)C. The Morgan fingerprint density at radius 2 is 1.90 bits per heavy atom. The summed E-state index contributed by atoms with van der Waals surface area (Å²) < 4.78 is 23.6. The number of nitrogens with one attached hydrogen (secondary N) is 2. The van der Waals surface area contributed by atoms with E-state index in [0.717, 1.165) is 6.07 Å². The third kappa shape index (κ3) is 7.67. The molecule has 1 aliphatic rings. The predicted molar refractivity (Wildman–Crippen MR) is 142 cm³/mol. The minimum Gasteiger partial charge on any atom is -0.469 e. The number of carbonyl (C=O) groups excluding carboxylic acids is 4. The molecule has 0 spiro atoms. The van der Waals surface area contributed by atoms with Gasteiger partial charge in [0.05, 0.1) is 7.11 Å². The summed E-state index contributed by atoms with van der Waals surface area (Å²) in [5.74, 6) is -2.82. The van der Waals surface area contributed by atoms with E-state index in [1.807, 2.05) is 0 Å². The van der Waals surface area contributed by atoms with Gasteiger partial charge >= 0.3 is 12.1 Å². The number of amides is 3. The van der Waals surface area contributed by atoms with Gasteiger partial charge in [-0.05, 0) is 74.7 Å². The molecule has 0 saturated carbocycles. The smallest absolute Gasteiger partial charge is 0.412 e. The van der Waals surface area contributed by atoms with Crippen LogP contribution in [0.1, 0.15) is 44.7 Å². The Hall–Kier alpha value is -3.70. The standard InChI is InChI=1S/C27H31ClFN3O7/c1-26(2,3)39-25(36)31-21-7-6-20(13-17(21)5-8-22(33)38-4)32-10-9-27(37,24(32)35)23(34)30-15-16-11-18(28)14-19(29)12-16/h6-7,11-14,37H,5,8-10,15H2,1-4H3,(H,30,34)(H,31,36). The molecule has 1 saturated heterocycles. The van der Waals surface area contributed by atoms with Crippen LogP contribution in [0.25, 0.3) is 0 Å². The van der Waals surface area contributed by atoms with Gasteiger partial charge in [-0.2, -0.15) is 0 Å². The van der Waals surface area contributed by atoms with Crippen molar-refractivity contribution in [2.75, 3.05) is 23.9 Å². The average molecular weight is 564 g/mol. The Balaban J connectivity index is 1.78. The van der Waals surface area contributed by atoms with E-state index in [4.69, 9.17) is 21.1 Å². The number of methoxy groups -OCH3 is 1. The minimum atomic E-state index is -2.34. The van der Waals surface area contributed by atoms with Gasteiger partial charge < -0.3 is 24.8 Å². The fourth-order valence-corrected chi connectivity index (χ4v) is 4.28. The third-order valence-corrected chi connectivity index (χ3v) is 6.13. The number of aliphatic hydroxyl groups is 1. The van der Waals surface area contributed by atoms with Crippen LogP contribution in [0, 0.1) is 5.82 Å². The highest BCUT2D eigenvalue weighted by molar-refractivity contribution is 6.30. The molecule has 39 heavy (non-hydrogen) atoms. The number of hydrogen-bond donors (Lipinski definition) is 3. The molecular formula is C27H31ClFN3O7. The number of esters is 1. The molecule has 1 aliphatic heterocycles. The zero-order chi connectivity index (χ0) is 29.0. The lowest BCUT2D eigenvalue weighted by molar-refractivity contribution is -0.149. The van der Waals surface area contributed by atoms with Crippen molar-refractivity contribution in [2.45, 2.75) is 57.8 Å². The lowest BCUT2D eigenvalue weighted by atomic mass is 10.0. The first-order chi connectivity index (χ1) is 18.2. The molecule has 0 radical (unpaired) electrons. The van der Waals surface area contributed by atoms with Gasteiger partial charge in [-0.15, -0.1) is 0 Å². The molecular weight excluding hydrogens is 533 g/mol. The summed E-state index contributed by atoms with van der Waals surface area (Å²) in [7, 11) is 1.26. The maximum Gasteiger partial charge on any atom is 0.412 e. The quantitative estimate of drug-likeness (QED) is 0.329. The molecule has 0 aromatic heterocycles. The van der Waals surface area contributed by atoms with E-state index in [1.54, 1.807) is 39.0 Å². The van der Waals surface area contributed by atoms with Crippen molar-refractivity contribution >= 4 is 46.9 Å². The van der Waals surface area contributed by atoms with Gasteiger partial charge in [0.1, 0.15) is 11.4 Å². The molecule has 1 fully saturated rings. The molecule has 3 rings (SSSR count). The molecule has 3 amide bonds. The highest BCUT2D eigenvalue weighted by Gasteiger charge is 2.51. The van der Waals surface area contributed by atoms with Crippen molar-refractivity contribution in [3.63, 3.8) is 0 Å². The molecule has 12 heteroatoms. The molecule has 2 aromatic rings. The summed E-state index contributed by atoms with van der Waals surface area (Å²) >= 11 is 5.84. The number of rotatable bonds is 8. The number of anilines is 2. The van der Waals surface area contributed by atoms with E-state index >= 15 is 0 Å².